The van der Waals surface area contributed by atoms with Crippen LogP contribution in [0.2, 0.25) is 0 Å². The highest BCUT2D eigenvalue weighted by Crippen LogP contribution is 2.45. The molecule has 0 amide bonds. The van der Waals surface area contributed by atoms with Gasteiger partial charge in [0.05, 0.1) is 66.7 Å². The number of hydrogen-bond acceptors (Lipinski definition) is 3. The second kappa shape index (κ2) is 32.2. The molecule has 0 fully saturated rings. The van der Waals surface area contributed by atoms with Crippen LogP contribution in [0.5, 0.6) is 0 Å². The van der Waals surface area contributed by atoms with Gasteiger partial charge in [-0.2, -0.15) is 0 Å². The van der Waals surface area contributed by atoms with E-state index in [-0.39, 0.29) is 0 Å². The van der Waals surface area contributed by atoms with Crippen LogP contribution in [0, 0.1) is 0 Å². The summed E-state index contributed by atoms with van der Waals surface area (Å²) in [6.07, 6.45) is 0. The van der Waals surface area contributed by atoms with E-state index in [9.17, 15) is 0 Å². The van der Waals surface area contributed by atoms with Crippen LogP contribution in [0.4, 0.5) is 0 Å². The molecule has 0 N–H and O–H groups in total. The summed E-state index contributed by atoms with van der Waals surface area (Å²) in [5.74, 6) is 0. The number of aromatic nitrogens is 6. The number of hydrogen-bond donors (Lipinski definition) is 0. The Balaban J connectivity index is 0.000000109. The minimum atomic E-state index is 0.988. The van der Waals surface area contributed by atoms with Crippen LogP contribution in [0.3, 0.4) is 0 Å². The molecular formula is C123H80N6. The molecule has 0 aliphatic rings. The summed E-state index contributed by atoms with van der Waals surface area (Å²) in [5, 5.41) is 18.1. The Hall–Kier alpha value is -17.2. The Bertz CT molecular complexity index is 8770. The summed E-state index contributed by atoms with van der Waals surface area (Å²) in [4.78, 5) is 15.8. The largest absolute Gasteiger partial charge is 0.309 e. The number of nitrogens with zero attached hydrogens (tertiary/aromatic N) is 6. The molecule has 0 bridgehead atoms. The van der Waals surface area contributed by atoms with Crippen LogP contribution in [0.25, 0.3) is 237 Å². The molecular weight excluding hydrogens is 1560 g/mol. The third-order valence-electron chi connectivity index (χ3n) is 25.7. The fourth-order valence-corrected chi connectivity index (χ4v) is 19.6. The number of rotatable bonds is 11. The maximum absolute atomic E-state index is 5.38. The molecule has 0 radical (unpaired) electrons. The van der Waals surface area contributed by atoms with Gasteiger partial charge in [0.15, 0.2) is 0 Å². The lowest BCUT2D eigenvalue weighted by Gasteiger charge is -2.14. The lowest BCUT2D eigenvalue weighted by atomic mass is 9.92. The second-order valence-electron chi connectivity index (χ2n) is 33.2. The van der Waals surface area contributed by atoms with Crippen molar-refractivity contribution in [2.24, 2.45) is 0 Å². The van der Waals surface area contributed by atoms with Gasteiger partial charge in [-0.25, -0.2) is 15.0 Å². The van der Waals surface area contributed by atoms with Crippen molar-refractivity contribution in [3.63, 3.8) is 0 Å². The third-order valence-corrected chi connectivity index (χ3v) is 25.7. The van der Waals surface area contributed by atoms with Gasteiger partial charge >= 0.3 is 0 Å². The summed E-state index contributed by atoms with van der Waals surface area (Å²) in [6, 6.07) is 174. The van der Waals surface area contributed by atoms with Gasteiger partial charge in [-0.05, 0) is 217 Å². The van der Waals surface area contributed by atoms with E-state index in [1.54, 1.807) is 0 Å². The Morgan fingerprint density at radius 2 is 0.333 bits per heavy atom. The van der Waals surface area contributed by atoms with Gasteiger partial charge in [-0.1, -0.05) is 340 Å². The molecule has 6 aromatic heterocycles. The van der Waals surface area contributed by atoms with Crippen molar-refractivity contribution >= 4 is 130 Å². The minimum absolute atomic E-state index is 0.988. The minimum Gasteiger partial charge on any atom is -0.309 e. The van der Waals surface area contributed by atoms with E-state index >= 15 is 0 Å². The normalized spacial score (nSPS) is 11.6. The molecule has 0 saturated carbocycles. The van der Waals surface area contributed by atoms with Crippen LogP contribution in [0.1, 0.15) is 0 Å². The molecule has 129 heavy (non-hydrogen) atoms. The monoisotopic (exact) mass is 1640 g/mol. The van der Waals surface area contributed by atoms with Gasteiger partial charge in [-0.3, -0.25) is 0 Å². The first-order valence-electron chi connectivity index (χ1n) is 44.1. The van der Waals surface area contributed by atoms with Crippen molar-refractivity contribution in [2.75, 3.05) is 0 Å². The highest BCUT2D eigenvalue weighted by Gasteiger charge is 2.23. The molecule has 602 valence electrons. The van der Waals surface area contributed by atoms with Crippen molar-refractivity contribution in [1.82, 2.24) is 28.7 Å². The van der Waals surface area contributed by atoms with E-state index < -0.39 is 0 Å². The number of fused-ring (bicyclic) bond motifs is 18. The SMILES string of the molecule is c1ccc(-c2cc(-c3ccccc3)cc(-c3ccc4nc(-c5ccc6c(c5)c5ccccc5n6-c5ccccc5)c5ccccc5c4c3)c2)cc1.c1ccc(-c2ccc3c(c2)c2cc(-c4nc5ccccc5c5ccccc45)ccc2n3-c2ccccc2)cc1.c1ccc(-c2ccc3nc(-c4ccc5c(c4)c4ccccc4n5-c4ccccc4)c4ccccc4c3c2)cc1. The molecule has 0 saturated heterocycles. The van der Waals surface area contributed by atoms with E-state index in [0.29, 0.717) is 0 Å². The Labute approximate surface area is 745 Å². The second-order valence-corrected chi connectivity index (χ2v) is 33.2. The first-order valence-corrected chi connectivity index (χ1v) is 44.1. The first-order chi connectivity index (χ1) is 64.0. The molecule has 26 aromatic rings. The van der Waals surface area contributed by atoms with Crippen LogP contribution in [0.15, 0.2) is 485 Å². The van der Waals surface area contributed by atoms with Gasteiger partial charge in [0.2, 0.25) is 0 Å². The fraction of sp³-hybridized carbons (Fsp3) is 0. The zero-order valence-electron chi connectivity index (χ0n) is 70.4. The number of pyridine rings is 3. The summed E-state index contributed by atoms with van der Waals surface area (Å²) in [5.41, 5.74) is 32.1. The molecule has 20 aromatic carbocycles. The predicted octanol–water partition coefficient (Wildman–Crippen LogP) is 32.8. The van der Waals surface area contributed by atoms with E-state index in [4.69, 9.17) is 15.0 Å². The number of benzene rings is 20. The summed E-state index contributed by atoms with van der Waals surface area (Å²) in [7, 11) is 0. The highest BCUT2D eigenvalue weighted by molar-refractivity contribution is 6.19. The Morgan fingerprint density at radius 3 is 0.690 bits per heavy atom. The molecule has 6 heteroatoms. The Morgan fingerprint density at radius 1 is 0.116 bits per heavy atom. The quantitative estimate of drug-likeness (QED) is 0.121. The maximum atomic E-state index is 5.38. The summed E-state index contributed by atoms with van der Waals surface area (Å²) in [6.45, 7) is 0. The molecule has 0 aliphatic carbocycles. The van der Waals surface area contributed by atoms with Crippen LogP contribution in [-0.2, 0) is 0 Å². The lowest BCUT2D eigenvalue weighted by molar-refractivity contribution is 1.18. The third kappa shape index (κ3) is 13.6. The number of para-hydroxylation sites is 6. The molecule has 0 aliphatic heterocycles. The maximum Gasteiger partial charge on any atom is 0.0788 e. The van der Waals surface area contributed by atoms with Crippen molar-refractivity contribution in [2.45, 2.75) is 0 Å². The predicted molar refractivity (Wildman–Crippen MR) is 544 cm³/mol. The smallest absolute Gasteiger partial charge is 0.0788 e. The van der Waals surface area contributed by atoms with Crippen LogP contribution in [-0.4, -0.2) is 28.7 Å². The molecule has 0 spiro atoms. The first kappa shape index (κ1) is 75.5. The molecule has 0 atom stereocenters. The van der Waals surface area contributed by atoms with E-state index in [1.165, 1.54) is 164 Å². The van der Waals surface area contributed by atoms with E-state index in [2.05, 4.69) is 499 Å². The van der Waals surface area contributed by atoms with Gasteiger partial charge in [0.25, 0.3) is 0 Å². The van der Waals surface area contributed by atoms with Gasteiger partial charge in [0.1, 0.15) is 0 Å². The van der Waals surface area contributed by atoms with E-state index in [1.807, 2.05) is 0 Å². The molecule has 6 heterocycles. The van der Waals surface area contributed by atoms with E-state index in [0.717, 1.165) is 72.5 Å². The molecule has 0 unspecified atom stereocenters. The van der Waals surface area contributed by atoms with Crippen molar-refractivity contribution in [1.29, 1.82) is 0 Å². The zero-order valence-corrected chi connectivity index (χ0v) is 70.4. The van der Waals surface area contributed by atoms with Crippen LogP contribution < -0.4 is 0 Å². The topological polar surface area (TPSA) is 53.5 Å². The van der Waals surface area contributed by atoms with Crippen molar-refractivity contribution in [3.8, 4) is 106 Å². The van der Waals surface area contributed by atoms with Crippen molar-refractivity contribution in [3.05, 3.63) is 485 Å². The summed E-state index contributed by atoms with van der Waals surface area (Å²) >= 11 is 0. The summed E-state index contributed by atoms with van der Waals surface area (Å²) < 4.78 is 7.08. The average Bonchev–Trinajstić information content (AvgIpc) is 1.73. The van der Waals surface area contributed by atoms with Gasteiger partial charge < -0.3 is 13.7 Å². The van der Waals surface area contributed by atoms with Crippen LogP contribution >= 0.6 is 0 Å². The van der Waals surface area contributed by atoms with Gasteiger partial charge in [-0.15, -0.1) is 0 Å². The average molecular weight is 1640 g/mol. The lowest BCUT2D eigenvalue weighted by Crippen LogP contribution is -1.93. The van der Waals surface area contributed by atoms with Crippen molar-refractivity contribution < 1.29 is 0 Å². The molecule has 6 nitrogen and oxygen atoms in total. The Kier molecular flexibility index (Phi) is 18.8. The highest BCUT2D eigenvalue weighted by atomic mass is 15.0. The standard InChI is InChI=1S/C49H32N2.2C37H24N2/c1-4-14-33(15-5-1)37-28-38(34-16-6-2-7-17-34)30-39(29-37)35-24-26-46-44(31-35)41-20-10-11-22-43(41)49(50-46)36-25-27-48-45(32-36)42-21-12-13-23-47(42)51(48)40-18-8-3-9-19-40;1-3-11-25(12-4-1)26-19-21-34-32(23-26)29-15-7-8-17-31(29)37(38-34)27-20-22-36-33(24-27)30-16-9-10-18-35(30)39(36)28-13-5-2-6-14-28;1-3-11-25(12-4-1)26-19-21-35-32(23-26)33-24-27(20-22-36(33)39(35)28-13-5-2-6-14-28)37-31-17-8-7-15-29(31)30-16-9-10-18-34(30)38-37/h1-32H;2*1-24H. The zero-order chi connectivity index (χ0) is 85.2. The molecule has 26 rings (SSSR count). The van der Waals surface area contributed by atoms with Gasteiger partial charge in [0, 0.05) is 98.4 Å². The fourth-order valence-electron chi connectivity index (χ4n) is 19.6.